The minimum absolute atomic E-state index is 0.291. The Labute approximate surface area is 130 Å². The van der Waals surface area contributed by atoms with Crippen LogP contribution in [0.2, 0.25) is 0 Å². The van der Waals surface area contributed by atoms with Crippen LogP contribution in [0.3, 0.4) is 0 Å². The first-order valence-electron chi connectivity index (χ1n) is 7.37. The third-order valence-electron chi connectivity index (χ3n) is 3.63. The van der Waals surface area contributed by atoms with Crippen molar-refractivity contribution in [3.63, 3.8) is 0 Å². The Morgan fingerprint density at radius 1 is 1.09 bits per heavy atom. The SMILES string of the molecule is CNC(=O)[C@H](C)NC(=O)[C@@H]1CCCN1C(=O)[C@H](C)NC(C)=O. The lowest BCUT2D eigenvalue weighted by atomic mass is 10.1. The number of nitrogens with zero attached hydrogens (tertiary/aromatic N) is 1. The molecule has 0 aromatic heterocycles. The molecule has 0 saturated carbocycles. The molecule has 1 aliphatic rings. The van der Waals surface area contributed by atoms with Crippen LogP contribution in [0.1, 0.15) is 33.6 Å². The lowest BCUT2D eigenvalue weighted by Gasteiger charge is -2.27. The molecular formula is C14H24N4O4. The summed E-state index contributed by atoms with van der Waals surface area (Å²) in [6.45, 7) is 4.97. The molecule has 1 heterocycles. The van der Waals surface area contributed by atoms with Crippen molar-refractivity contribution in [3.05, 3.63) is 0 Å². The molecule has 0 aromatic rings. The molecule has 1 rings (SSSR count). The Bertz CT molecular complexity index is 466. The van der Waals surface area contributed by atoms with Crippen LogP contribution in [-0.2, 0) is 19.2 Å². The molecule has 3 N–H and O–H groups in total. The molecule has 0 radical (unpaired) electrons. The molecule has 1 aliphatic heterocycles. The number of amides is 4. The molecule has 0 aromatic carbocycles. The fourth-order valence-electron chi connectivity index (χ4n) is 2.51. The molecule has 0 unspecified atom stereocenters. The second kappa shape index (κ2) is 7.77. The number of likely N-dealkylation sites (N-methyl/N-ethyl adjacent to an activating group) is 1. The van der Waals surface area contributed by atoms with E-state index in [9.17, 15) is 19.2 Å². The van der Waals surface area contributed by atoms with E-state index in [1.807, 2.05) is 0 Å². The molecule has 1 fully saturated rings. The number of rotatable bonds is 5. The van der Waals surface area contributed by atoms with Gasteiger partial charge in [-0.1, -0.05) is 0 Å². The van der Waals surface area contributed by atoms with Gasteiger partial charge in [0.2, 0.25) is 23.6 Å². The van der Waals surface area contributed by atoms with Gasteiger partial charge in [-0.3, -0.25) is 19.2 Å². The lowest BCUT2D eigenvalue weighted by molar-refractivity contribution is -0.141. The third kappa shape index (κ3) is 4.44. The van der Waals surface area contributed by atoms with Gasteiger partial charge in [-0.2, -0.15) is 0 Å². The molecule has 4 amide bonds. The van der Waals surface area contributed by atoms with Crippen LogP contribution in [0.25, 0.3) is 0 Å². The van der Waals surface area contributed by atoms with Crippen molar-refractivity contribution >= 4 is 23.6 Å². The summed E-state index contributed by atoms with van der Waals surface area (Å²) < 4.78 is 0. The average molecular weight is 312 g/mol. The van der Waals surface area contributed by atoms with E-state index in [0.717, 1.165) is 0 Å². The summed E-state index contributed by atoms with van der Waals surface area (Å²) in [6, 6.07) is -1.94. The van der Waals surface area contributed by atoms with E-state index < -0.39 is 18.1 Å². The fraction of sp³-hybridized carbons (Fsp3) is 0.714. The Morgan fingerprint density at radius 3 is 2.27 bits per heavy atom. The number of hydrogen-bond acceptors (Lipinski definition) is 4. The zero-order valence-electron chi connectivity index (χ0n) is 13.4. The van der Waals surface area contributed by atoms with E-state index in [2.05, 4.69) is 16.0 Å². The van der Waals surface area contributed by atoms with Crippen LogP contribution < -0.4 is 16.0 Å². The van der Waals surface area contributed by atoms with Gasteiger partial charge in [0.05, 0.1) is 0 Å². The number of nitrogens with one attached hydrogen (secondary N) is 3. The maximum atomic E-state index is 12.3. The highest BCUT2D eigenvalue weighted by atomic mass is 16.2. The quantitative estimate of drug-likeness (QED) is 0.589. The Balaban J connectivity index is 2.69. The highest BCUT2D eigenvalue weighted by Gasteiger charge is 2.36. The topological polar surface area (TPSA) is 108 Å². The van der Waals surface area contributed by atoms with Crippen molar-refractivity contribution in [1.82, 2.24) is 20.9 Å². The minimum atomic E-state index is -0.678. The summed E-state index contributed by atoms with van der Waals surface area (Å²) >= 11 is 0. The van der Waals surface area contributed by atoms with Crippen molar-refractivity contribution in [2.45, 2.75) is 51.7 Å². The van der Waals surface area contributed by atoms with Gasteiger partial charge in [-0.15, -0.1) is 0 Å². The molecule has 8 heteroatoms. The summed E-state index contributed by atoms with van der Waals surface area (Å²) in [4.78, 5) is 48.5. The van der Waals surface area contributed by atoms with Crippen LogP contribution in [0, 0.1) is 0 Å². The molecule has 1 saturated heterocycles. The number of hydrogen-bond donors (Lipinski definition) is 3. The smallest absolute Gasteiger partial charge is 0.245 e. The van der Waals surface area contributed by atoms with E-state index in [4.69, 9.17) is 0 Å². The summed E-state index contributed by atoms with van der Waals surface area (Å²) in [7, 11) is 1.49. The fourth-order valence-corrected chi connectivity index (χ4v) is 2.51. The Morgan fingerprint density at radius 2 is 1.73 bits per heavy atom. The predicted octanol–water partition coefficient (Wildman–Crippen LogP) is -1.25. The van der Waals surface area contributed by atoms with Crippen molar-refractivity contribution in [2.75, 3.05) is 13.6 Å². The minimum Gasteiger partial charge on any atom is -0.357 e. The van der Waals surface area contributed by atoms with Gasteiger partial charge in [-0.25, -0.2) is 0 Å². The largest absolute Gasteiger partial charge is 0.357 e. The standard InChI is InChI=1S/C14H24N4O4/c1-8(12(20)15-4)17-13(21)11-6-5-7-18(11)14(22)9(2)16-10(3)19/h8-9,11H,5-7H2,1-4H3,(H,15,20)(H,16,19)(H,17,21)/t8-,9-,11-/m0/s1. The zero-order chi connectivity index (χ0) is 16.9. The number of carbonyl (C=O) groups is 4. The van der Waals surface area contributed by atoms with Crippen molar-refractivity contribution in [3.8, 4) is 0 Å². The first kappa shape index (κ1) is 17.9. The van der Waals surface area contributed by atoms with Gasteiger partial charge in [0.15, 0.2) is 0 Å². The van der Waals surface area contributed by atoms with Crippen LogP contribution in [0.5, 0.6) is 0 Å². The second-order valence-corrected chi connectivity index (χ2v) is 5.46. The molecule has 0 bridgehead atoms. The van der Waals surface area contributed by atoms with Gasteiger partial charge >= 0.3 is 0 Å². The van der Waals surface area contributed by atoms with Gasteiger partial charge < -0.3 is 20.9 Å². The van der Waals surface area contributed by atoms with Crippen LogP contribution in [0.4, 0.5) is 0 Å². The monoisotopic (exact) mass is 312 g/mol. The maximum absolute atomic E-state index is 12.3. The Kier molecular flexibility index (Phi) is 6.33. The molecular weight excluding hydrogens is 288 g/mol. The van der Waals surface area contributed by atoms with Crippen LogP contribution in [-0.4, -0.2) is 60.2 Å². The van der Waals surface area contributed by atoms with E-state index in [1.165, 1.54) is 18.9 Å². The highest BCUT2D eigenvalue weighted by molar-refractivity contribution is 5.94. The normalized spacial score (nSPS) is 20.0. The summed E-state index contributed by atoms with van der Waals surface area (Å²) in [5, 5.41) is 7.58. The van der Waals surface area contributed by atoms with Crippen molar-refractivity contribution in [1.29, 1.82) is 0 Å². The lowest BCUT2D eigenvalue weighted by Crippen LogP contribution is -2.54. The Hall–Kier alpha value is -2.12. The second-order valence-electron chi connectivity index (χ2n) is 5.46. The molecule has 0 aliphatic carbocycles. The van der Waals surface area contributed by atoms with Gasteiger partial charge in [0, 0.05) is 20.5 Å². The van der Waals surface area contributed by atoms with Gasteiger partial charge in [-0.05, 0) is 26.7 Å². The highest BCUT2D eigenvalue weighted by Crippen LogP contribution is 2.18. The van der Waals surface area contributed by atoms with E-state index in [1.54, 1.807) is 13.8 Å². The van der Waals surface area contributed by atoms with Gasteiger partial charge in [0.1, 0.15) is 18.1 Å². The van der Waals surface area contributed by atoms with Crippen LogP contribution >= 0.6 is 0 Å². The van der Waals surface area contributed by atoms with E-state index in [0.29, 0.717) is 19.4 Å². The summed E-state index contributed by atoms with van der Waals surface area (Å²) in [6.07, 6.45) is 1.26. The third-order valence-corrected chi connectivity index (χ3v) is 3.63. The number of carbonyl (C=O) groups excluding carboxylic acids is 4. The zero-order valence-corrected chi connectivity index (χ0v) is 13.4. The van der Waals surface area contributed by atoms with Crippen molar-refractivity contribution in [2.24, 2.45) is 0 Å². The van der Waals surface area contributed by atoms with Gasteiger partial charge in [0.25, 0.3) is 0 Å². The average Bonchev–Trinajstić information content (AvgIpc) is 2.93. The van der Waals surface area contributed by atoms with E-state index >= 15 is 0 Å². The first-order chi connectivity index (χ1) is 10.3. The molecule has 3 atom stereocenters. The molecule has 0 spiro atoms. The predicted molar refractivity (Wildman–Crippen MR) is 79.7 cm³/mol. The molecule has 8 nitrogen and oxygen atoms in total. The summed E-state index contributed by atoms with van der Waals surface area (Å²) in [5.74, 6) is -1.23. The molecule has 22 heavy (non-hydrogen) atoms. The number of likely N-dealkylation sites (tertiary alicyclic amines) is 1. The van der Waals surface area contributed by atoms with E-state index in [-0.39, 0.29) is 23.6 Å². The van der Waals surface area contributed by atoms with Crippen LogP contribution in [0.15, 0.2) is 0 Å². The molecule has 124 valence electrons. The van der Waals surface area contributed by atoms with Crippen molar-refractivity contribution < 1.29 is 19.2 Å². The maximum Gasteiger partial charge on any atom is 0.245 e. The summed E-state index contributed by atoms with van der Waals surface area (Å²) in [5.41, 5.74) is 0. The first-order valence-corrected chi connectivity index (χ1v) is 7.37.